The second-order valence-electron chi connectivity index (χ2n) is 5.58. The molecule has 3 aromatic carbocycles. The van der Waals surface area contributed by atoms with Crippen molar-refractivity contribution in [3.05, 3.63) is 84.4 Å². The van der Waals surface area contributed by atoms with Crippen molar-refractivity contribution in [3.8, 4) is 17.2 Å². The third kappa shape index (κ3) is 4.77. The predicted molar refractivity (Wildman–Crippen MR) is 105 cm³/mol. The Morgan fingerprint density at radius 1 is 0.923 bits per heavy atom. The minimum atomic E-state index is 0.327. The number of anilines is 1. The average Bonchev–Trinajstić information content (AvgIpc) is 2.67. The third-order valence-corrected chi connectivity index (χ3v) is 3.70. The van der Waals surface area contributed by atoms with Crippen molar-refractivity contribution in [3.63, 3.8) is 0 Å². The van der Waals surface area contributed by atoms with Crippen LogP contribution in [0.15, 0.2) is 83.9 Å². The van der Waals surface area contributed by atoms with E-state index in [1.54, 1.807) is 7.11 Å². The van der Waals surface area contributed by atoms with E-state index in [-0.39, 0.29) is 0 Å². The molecule has 0 unspecified atom stereocenters. The van der Waals surface area contributed by atoms with Gasteiger partial charge in [-0.2, -0.15) is 0 Å². The maximum Gasteiger partial charge on any atom is 0.193 e. The minimum Gasteiger partial charge on any atom is -0.496 e. The molecule has 5 nitrogen and oxygen atoms in total. The van der Waals surface area contributed by atoms with Crippen LogP contribution in [-0.2, 0) is 6.54 Å². The summed E-state index contributed by atoms with van der Waals surface area (Å²) in [5.74, 6) is 2.62. The van der Waals surface area contributed by atoms with E-state index >= 15 is 0 Å². The predicted octanol–water partition coefficient (Wildman–Crippen LogP) is 4.41. The van der Waals surface area contributed by atoms with Crippen molar-refractivity contribution < 1.29 is 9.47 Å². The zero-order chi connectivity index (χ0) is 18.2. The average molecular weight is 347 g/mol. The van der Waals surface area contributed by atoms with Gasteiger partial charge in [0.1, 0.15) is 17.2 Å². The summed E-state index contributed by atoms with van der Waals surface area (Å²) in [5.41, 5.74) is 7.78. The molecule has 0 radical (unpaired) electrons. The van der Waals surface area contributed by atoms with Crippen molar-refractivity contribution >= 4 is 11.6 Å². The number of nitrogens with zero attached hydrogens (tertiary/aromatic N) is 1. The van der Waals surface area contributed by atoms with Gasteiger partial charge in [0.05, 0.1) is 13.7 Å². The number of hydrogen-bond acceptors (Lipinski definition) is 3. The summed E-state index contributed by atoms with van der Waals surface area (Å²) >= 11 is 0. The molecule has 0 aliphatic rings. The van der Waals surface area contributed by atoms with Crippen molar-refractivity contribution in [1.82, 2.24) is 0 Å². The number of rotatable bonds is 6. The van der Waals surface area contributed by atoms with Crippen molar-refractivity contribution in [2.75, 3.05) is 12.4 Å². The van der Waals surface area contributed by atoms with Gasteiger partial charge in [-0.15, -0.1) is 0 Å². The number of para-hydroxylation sites is 2. The molecule has 0 spiro atoms. The molecule has 3 N–H and O–H groups in total. The van der Waals surface area contributed by atoms with Gasteiger partial charge in [0.15, 0.2) is 5.96 Å². The van der Waals surface area contributed by atoms with Crippen LogP contribution in [0.3, 0.4) is 0 Å². The van der Waals surface area contributed by atoms with Crippen LogP contribution in [-0.4, -0.2) is 13.1 Å². The van der Waals surface area contributed by atoms with E-state index in [1.165, 1.54) is 0 Å². The molecule has 132 valence electrons. The number of nitrogens with two attached hydrogens (primary N) is 1. The molecule has 0 bridgehead atoms. The number of aliphatic imine (C=N–C) groups is 1. The molecular formula is C21H21N3O2. The Morgan fingerprint density at radius 2 is 1.65 bits per heavy atom. The summed E-state index contributed by atoms with van der Waals surface area (Å²) in [4.78, 5) is 4.37. The fourth-order valence-corrected chi connectivity index (χ4v) is 2.45. The third-order valence-electron chi connectivity index (χ3n) is 3.70. The van der Waals surface area contributed by atoms with E-state index in [9.17, 15) is 0 Å². The van der Waals surface area contributed by atoms with Gasteiger partial charge >= 0.3 is 0 Å². The van der Waals surface area contributed by atoms with Crippen LogP contribution in [0.1, 0.15) is 5.56 Å². The van der Waals surface area contributed by atoms with Crippen molar-refractivity contribution in [1.29, 1.82) is 0 Å². The zero-order valence-corrected chi connectivity index (χ0v) is 14.6. The zero-order valence-electron chi connectivity index (χ0n) is 14.6. The highest BCUT2D eigenvalue weighted by atomic mass is 16.5. The van der Waals surface area contributed by atoms with Gasteiger partial charge in [-0.3, -0.25) is 0 Å². The molecule has 0 atom stereocenters. The molecule has 3 aromatic rings. The van der Waals surface area contributed by atoms with Gasteiger partial charge < -0.3 is 20.5 Å². The summed E-state index contributed by atoms with van der Waals surface area (Å²) < 4.78 is 11.1. The van der Waals surface area contributed by atoms with Crippen molar-refractivity contribution in [2.24, 2.45) is 10.7 Å². The van der Waals surface area contributed by atoms with Gasteiger partial charge in [0.25, 0.3) is 0 Å². The fourth-order valence-electron chi connectivity index (χ4n) is 2.45. The molecule has 3 rings (SSSR count). The van der Waals surface area contributed by atoms with E-state index in [1.807, 2.05) is 78.9 Å². The first-order valence-corrected chi connectivity index (χ1v) is 8.26. The van der Waals surface area contributed by atoms with E-state index < -0.39 is 0 Å². The standard InChI is InChI=1S/C21H21N3O2/c1-25-20-13-6-5-8-16(20)15-23-21(22)24-17-9-7-12-19(14-17)26-18-10-3-2-4-11-18/h2-14H,15H2,1H3,(H3,22,23,24). The molecule has 0 fully saturated rings. The smallest absolute Gasteiger partial charge is 0.193 e. The number of hydrogen-bond donors (Lipinski definition) is 2. The second-order valence-corrected chi connectivity index (χ2v) is 5.58. The topological polar surface area (TPSA) is 68.9 Å². The lowest BCUT2D eigenvalue weighted by molar-refractivity contribution is 0.410. The SMILES string of the molecule is COc1ccccc1CN=C(N)Nc1cccc(Oc2ccccc2)c1. The first-order valence-electron chi connectivity index (χ1n) is 8.26. The Bertz CT molecular complexity index is 879. The number of guanidine groups is 1. The van der Waals surface area contributed by atoms with Gasteiger partial charge in [-0.1, -0.05) is 42.5 Å². The number of benzene rings is 3. The molecule has 26 heavy (non-hydrogen) atoms. The first kappa shape index (κ1) is 17.4. The Morgan fingerprint density at radius 3 is 2.46 bits per heavy atom. The molecule has 0 aromatic heterocycles. The lowest BCUT2D eigenvalue weighted by atomic mass is 10.2. The maximum atomic E-state index is 6.00. The quantitative estimate of drug-likeness (QED) is 0.512. The minimum absolute atomic E-state index is 0.327. The van der Waals surface area contributed by atoms with E-state index in [2.05, 4.69) is 10.3 Å². The second kappa shape index (κ2) is 8.58. The Labute approximate surface area is 153 Å². The highest BCUT2D eigenvalue weighted by Crippen LogP contribution is 2.24. The van der Waals surface area contributed by atoms with E-state index in [0.717, 1.165) is 28.5 Å². The number of nitrogens with one attached hydrogen (secondary N) is 1. The molecule has 0 heterocycles. The largest absolute Gasteiger partial charge is 0.496 e. The highest BCUT2D eigenvalue weighted by molar-refractivity contribution is 5.92. The number of ether oxygens (including phenoxy) is 2. The summed E-state index contributed by atoms with van der Waals surface area (Å²) in [6.45, 7) is 0.434. The van der Waals surface area contributed by atoms with Crippen LogP contribution in [0.25, 0.3) is 0 Å². The van der Waals surface area contributed by atoms with Crippen LogP contribution >= 0.6 is 0 Å². The van der Waals surface area contributed by atoms with E-state index in [0.29, 0.717) is 12.5 Å². The Balaban J connectivity index is 1.65. The van der Waals surface area contributed by atoms with Gasteiger partial charge in [0.2, 0.25) is 0 Å². The molecule has 0 aliphatic heterocycles. The van der Waals surface area contributed by atoms with Crippen LogP contribution in [0.4, 0.5) is 5.69 Å². The van der Waals surface area contributed by atoms with Gasteiger partial charge in [-0.05, 0) is 30.3 Å². The Kier molecular flexibility index (Phi) is 5.72. The van der Waals surface area contributed by atoms with Crippen LogP contribution in [0.2, 0.25) is 0 Å². The van der Waals surface area contributed by atoms with Crippen LogP contribution in [0, 0.1) is 0 Å². The van der Waals surface area contributed by atoms with Crippen LogP contribution < -0.4 is 20.5 Å². The first-order chi connectivity index (χ1) is 12.7. The lowest BCUT2D eigenvalue weighted by Gasteiger charge is -2.10. The monoisotopic (exact) mass is 347 g/mol. The highest BCUT2D eigenvalue weighted by Gasteiger charge is 2.02. The molecule has 0 saturated carbocycles. The molecular weight excluding hydrogens is 326 g/mol. The molecule has 0 amide bonds. The molecule has 0 aliphatic carbocycles. The number of methoxy groups -OCH3 is 1. The summed E-state index contributed by atoms with van der Waals surface area (Å²) in [7, 11) is 1.64. The van der Waals surface area contributed by atoms with E-state index in [4.69, 9.17) is 15.2 Å². The Hall–Kier alpha value is -3.47. The lowest BCUT2D eigenvalue weighted by Crippen LogP contribution is -2.22. The van der Waals surface area contributed by atoms with Crippen LogP contribution in [0.5, 0.6) is 17.2 Å². The molecule has 5 heteroatoms. The van der Waals surface area contributed by atoms with Crippen molar-refractivity contribution in [2.45, 2.75) is 6.54 Å². The summed E-state index contributed by atoms with van der Waals surface area (Å²) in [6, 6.07) is 24.9. The fraction of sp³-hybridized carbons (Fsp3) is 0.0952. The normalized spacial score (nSPS) is 11.0. The maximum absolute atomic E-state index is 6.00. The summed E-state index contributed by atoms with van der Waals surface area (Å²) in [5, 5.41) is 3.08. The van der Waals surface area contributed by atoms with Gasteiger partial charge in [-0.25, -0.2) is 4.99 Å². The summed E-state index contributed by atoms with van der Waals surface area (Å²) in [6.07, 6.45) is 0. The molecule has 0 saturated heterocycles. The van der Waals surface area contributed by atoms with Gasteiger partial charge in [0, 0.05) is 17.3 Å².